The Bertz CT molecular complexity index is 596. The number of benzene rings is 1. The number of hydrazone groups is 1. The van der Waals surface area contributed by atoms with E-state index in [1.165, 1.54) is 0 Å². The van der Waals surface area contributed by atoms with E-state index >= 15 is 0 Å². The van der Waals surface area contributed by atoms with E-state index in [-0.39, 0.29) is 12.5 Å². The lowest BCUT2D eigenvalue weighted by molar-refractivity contribution is -0.119. The number of aromatic nitrogens is 1. The number of carbonyl (C=O) groups is 1. The van der Waals surface area contributed by atoms with Crippen LogP contribution in [0, 0.1) is 6.92 Å². The van der Waals surface area contributed by atoms with Gasteiger partial charge in [-0.05, 0) is 30.7 Å². The number of rotatable bonds is 5. The van der Waals surface area contributed by atoms with Crippen LogP contribution in [0.4, 0.5) is 5.69 Å². The van der Waals surface area contributed by atoms with Gasteiger partial charge in [0.15, 0.2) is 0 Å². The summed E-state index contributed by atoms with van der Waals surface area (Å²) in [5, 5.41) is 6.90. The van der Waals surface area contributed by atoms with Gasteiger partial charge in [0.2, 0.25) is 0 Å². The molecule has 0 saturated carbocycles. The van der Waals surface area contributed by atoms with Crippen molar-refractivity contribution in [3.8, 4) is 0 Å². The van der Waals surface area contributed by atoms with Gasteiger partial charge in [0.1, 0.15) is 0 Å². The Kier molecular flexibility index (Phi) is 4.83. The van der Waals surface area contributed by atoms with Crippen LogP contribution in [0.15, 0.2) is 53.9 Å². The first-order valence-corrected chi connectivity index (χ1v) is 6.26. The Labute approximate surface area is 117 Å². The molecule has 5 heteroatoms. The molecule has 0 aliphatic heterocycles. The topological polar surface area (TPSA) is 66.4 Å². The van der Waals surface area contributed by atoms with Crippen LogP contribution in [0.1, 0.15) is 11.1 Å². The SMILES string of the molecule is Cc1cccc(NCC(=O)N/N=C\c2cccnc2)c1. The summed E-state index contributed by atoms with van der Waals surface area (Å²) in [7, 11) is 0. The van der Waals surface area contributed by atoms with Crippen LogP contribution in [0.2, 0.25) is 0 Å². The Morgan fingerprint density at radius 1 is 1.35 bits per heavy atom. The Balaban J connectivity index is 1.77. The van der Waals surface area contributed by atoms with Crippen LogP contribution in [0.5, 0.6) is 0 Å². The molecule has 0 fully saturated rings. The van der Waals surface area contributed by atoms with Crippen molar-refractivity contribution in [2.75, 3.05) is 11.9 Å². The van der Waals surface area contributed by atoms with Gasteiger partial charge >= 0.3 is 0 Å². The van der Waals surface area contributed by atoms with E-state index in [1.807, 2.05) is 43.3 Å². The summed E-state index contributed by atoms with van der Waals surface area (Å²) in [4.78, 5) is 15.5. The standard InChI is InChI=1S/C15H16N4O/c1-12-4-2-6-14(8-12)17-11-15(20)19-18-10-13-5-3-7-16-9-13/h2-10,17H,11H2,1H3,(H,19,20)/b18-10-. The van der Waals surface area contributed by atoms with Gasteiger partial charge in [-0.25, -0.2) is 5.43 Å². The van der Waals surface area contributed by atoms with Crippen LogP contribution in [0.25, 0.3) is 0 Å². The molecule has 2 N–H and O–H groups in total. The van der Waals surface area contributed by atoms with E-state index < -0.39 is 0 Å². The Hall–Kier alpha value is -2.69. The number of nitrogens with one attached hydrogen (secondary N) is 2. The first-order valence-electron chi connectivity index (χ1n) is 6.26. The third kappa shape index (κ3) is 4.53. The average molecular weight is 268 g/mol. The van der Waals surface area contributed by atoms with Gasteiger partial charge in [0, 0.05) is 23.6 Å². The van der Waals surface area contributed by atoms with E-state index in [2.05, 4.69) is 20.8 Å². The van der Waals surface area contributed by atoms with Crippen molar-refractivity contribution < 1.29 is 4.79 Å². The Morgan fingerprint density at radius 2 is 2.25 bits per heavy atom. The first kappa shape index (κ1) is 13.7. The van der Waals surface area contributed by atoms with E-state index in [4.69, 9.17) is 0 Å². The zero-order valence-corrected chi connectivity index (χ0v) is 11.2. The molecule has 0 spiro atoms. The smallest absolute Gasteiger partial charge is 0.259 e. The molecule has 1 heterocycles. The third-order valence-corrected chi connectivity index (χ3v) is 2.56. The maximum Gasteiger partial charge on any atom is 0.259 e. The number of aryl methyl sites for hydroxylation is 1. The predicted molar refractivity (Wildman–Crippen MR) is 79.6 cm³/mol. The van der Waals surface area contributed by atoms with Gasteiger partial charge in [-0.3, -0.25) is 9.78 Å². The molecule has 0 bridgehead atoms. The van der Waals surface area contributed by atoms with Crippen molar-refractivity contribution in [2.45, 2.75) is 6.92 Å². The molecule has 1 aromatic heterocycles. The molecule has 1 amide bonds. The molecule has 0 unspecified atom stereocenters. The highest BCUT2D eigenvalue weighted by atomic mass is 16.2. The van der Waals surface area contributed by atoms with Crippen molar-refractivity contribution in [3.63, 3.8) is 0 Å². The zero-order chi connectivity index (χ0) is 14.2. The fraction of sp³-hybridized carbons (Fsp3) is 0.133. The summed E-state index contributed by atoms with van der Waals surface area (Å²) in [6.45, 7) is 2.18. The van der Waals surface area contributed by atoms with Crippen molar-refractivity contribution in [1.29, 1.82) is 0 Å². The molecular formula is C15H16N4O. The molecule has 0 aliphatic rings. The van der Waals surface area contributed by atoms with Crippen LogP contribution >= 0.6 is 0 Å². The molecule has 0 radical (unpaired) electrons. The van der Waals surface area contributed by atoms with Gasteiger partial charge in [0.25, 0.3) is 5.91 Å². The fourth-order valence-electron chi connectivity index (χ4n) is 1.61. The second-order valence-corrected chi connectivity index (χ2v) is 4.30. The molecule has 0 saturated heterocycles. The number of pyridine rings is 1. The van der Waals surface area contributed by atoms with Gasteiger partial charge in [-0.1, -0.05) is 18.2 Å². The van der Waals surface area contributed by atoms with Crippen molar-refractivity contribution in [3.05, 3.63) is 59.9 Å². The highest BCUT2D eigenvalue weighted by Crippen LogP contribution is 2.08. The minimum atomic E-state index is -0.202. The lowest BCUT2D eigenvalue weighted by atomic mass is 10.2. The molecule has 5 nitrogen and oxygen atoms in total. The summed E-state index contributed by atoms with van der Waals surface area (Å²) in [6.07, 6.45) is 4.90. The van der Waals surface area contributed by atoms with Crippen molar-refractivity contribution >= 4 is 17.8 Å². The second kappa shape index (κ2) is 7.04. The third-order valence-electron chi connectivity index (χ3n) is 2.56. The average Bonchev–Trinajstić information content (AvgIpc) is 2.46. The molecule has 2 aromatic rings. The monoisotopic (exact) mass is 268 g/mol. The summed E-state index contributed by atoms with van der Waals surface area (Å²) in [5.41, 5.74) is 5.35. The van der Waals surface area contributed by atoms with Crippen LogP contribution in [-0.4, -0.2) is 23.7 Å². The normalized spacial score (nSPS) is 10.4. The van der Waals surface area contributed by atoms with Crippen LogP contribution < -0.4 is 10.7 Å². The minimum absolute atomic E-state index is 0.174. The first-order chi connectivity index (χ1) is 9.74. The van der Waals surface area contributed by atoms with Crippen LogP contribution in [0.3, 0.4) is 0 Å². The number of nitrogens with zero attached hydrogens (tertiary/aromatic N) is 2. The maximum absolute atomic E-state index is 11.6. The van der Waals surface area contributed by atoms with Crippen molar-refractivity contribution in [2.24, 2.45) is 5.10 Å². The lowest BCUT2D eigenvalue weighted by Gasteiger charge is -2.05. The van der Waals surface area contributed by atoms with Crippen LogP contribution in [-0.2, 0) is 4.79 Å². The number of amides is 1. The van der Waals surface area contributed by atoms with E-state index in [1.54, 1.807) is 18.6 Å². The number of hydrogen-bond acceptors (Lipinski definition) is 4. The molecular weight excluding hydrogens is 252 g/mol. The molecule has 20 heavy (non-hydrogen) atoms. The summed E-state index contributed by atoms with van der Waals surface area (Å²) < 4.78 is 0. The number of hydrogen-bond donors (Lipinski definition) is 2. The fourth-order valence-corrected chi connectivity index (χ4v) is 1.61. The summed E-state index contributed by atoms with van der Waals surface area (Å²) in [5.74, 6) is -0.202. The van der Waals surface area contributed by atoms with E-state index in [0.717, 1.165) is 16.8 Å². The molecule has 102 valence electrons. The highest BCUT2D eigenvalue weighted by molar-refractivity contribution is 5.84. The van der Waals surface area contributed by atoms with Gasteiger partial charge in [-0.15, -0.1) is 0 Å². The number of carbonyl (C=O) groups excluding carboxylic acids is 1. The molecule has 0 aliphatic carbocycles. The van der Waals surface area contributed by atoms with Crippen molar-refractivity contribution in [1.82, 2.24) is 10.4 Å². The van der Waals surface area contributed by atoms with Gasteiger partial charge < -0.3 is 5.32 Å². The van der Waals surface area contributed by atoms with E-state index in [9.17, 15) is 4.79 Å². The maximum atomic E-state index is 11.6. The molecule has 1 aromatic carbocycles. The van der Waals surface area contributed by atoms with Gasteiger partial charge in [0.05, 0.1) is 12.8 Å². The summed E-state index contributed by atoms with van der Waals surface area (Å²) in [6, 6.07) is 11.5. The largest absolute Gasteiger partial charge is 0.376 e. The second-order valence-electron chi connectivity index (χ2n) is 4.30. The predicted octanol–water partition coefficient (Wildman–Crippen LogP) is 1.95. The lowest BCUT2D eigenvalue weighted by Crippen LogP contribution is -2.25. The Morgan fingerprint density at radius 3 is 3.00 bits per heavy atom. The zero-order valence-electron chi connectivity index (χ0n) is 11.2. The number of anilines is 1. The highest BCUT2D eigenvalue weighted by Gasteiger charge is 1.99. The minimum Gasteiger partial charge on any atom is -0.376 e. The van der Waals surface area contributed by atoms with E-state index in [0.29, 0.717) is 0 Å². The quantitative estimate of drug-likeness (QED) is 0.643. The molecule has 0 atom stereocenters. The molecule has 2 rings (SSSR count). The summed E-state index contributed by atoms with van der Waals surface area (Å²) >= 11 is 0. The van der Waals surface area contributed by atoms with Gasteiger partial charge in [-0.2, -0.15) is 5.10 Å².